The van der Waals surface area contributed by atoms with Crippen molar-refractivity contribution >= 4 is 29.1 Å². The summed E-state index contributed by atoms with van der Waals surface area (Å²) in [4.78, 5) is 15.9. The van der Waals surface area contributed by atoms with E-state index >= 15 is 0 Å². The third kappa shape index (κ3) is 6.32. The number of nitrogens with one attached hydrogen (secondary N) is 1. The van der Waals surface area contributed by atoms with Gasteiger partial charge in [0.1, 0.15) is 0 Å². The SMILES string of the molecule is Cn1nnc(N2CCCC(NC(=O)CCc3cc(C(F)(F)F)cc(C(F)(F)F)c3)c3ccc(Cl)cc32)n1. The van der Waals surface area contributed by atoms with Crippen LogP contribution in [0.2, 0.25) is 5.02 Å². The molecular weight excluding hydrogens is 526 g/mol. The summed E-state index contributed by atoms with van der Waals surface area (Å²) in [5, 5.41) is 15.4. The van der Waals surface area contributed by atoms with Gasteiger partial charge in [-0.15, -0.1) is 5.10 Å². The number of carbonyl (C=O) groups excluding carboxylic acids is 1. The predicted octanol–water partition coefficient (Wildman–Crippen LogP) is 5.62. The number of rotatable bonds is 5. The number of hydrogen-bond donors (Lipinski definition) is 1. The van der Waals surface area contributed by atoms with Crippen LogP contribution in [-0.2, 0) is 30.6 Å². The van der Waals surface area contributed by atoms with Crippen LogP contribution in [0, 0.1) is 0 Å². The van der Waals surface area contributed by atoms with Gasteiger partial charge >= 0.3 is 12.4 Å². The number of hydrogen-bond acceptors (Lipinski definition) is 5. The lowest BCUT2D eigenvalue weighted by molar-refractivity contribution is -0.143. The van der Waals surface area contributed by atoms with Gasteiger partial charge in [-0.1, -0.05) is 22.8 Å². The van der Waals surface area contributed by atoms with Crippen LogP contribution in [0.15, 0.2) is 36.4 Å². The van der Waals surface area contributed by atoms with E-state index in [0.29, 0.717) is 48.2 Å². The zero-order valence-electron chi connectivity index (χ0n) is 19.4. The van der Waals surface area contributed by atoms with Gasteiger partial charge in [0.15, 0.2) is 0 Å². The van der Waals surface area contributed by atoms with Gasteiger partial charge in [0.25, 0.3) is 5.95 Å². The largest absolute Gasteiger partial charge is 0.416 e. The number of benzene rings is 2. The number of carbonyl (C=O) groups is 1. The van der Waals surface area contributed by atoms with Crippen molar-refractivity contribution in [2.75, 3.05) is 11.4 Å². The highest BCUT2D eigenvalue weighted by Crippen LogP contribution is 2.38. The zero-order valence-corrected chi connectivity index (χ0v) is 20.1. The number of aromatic nitrogens is 4. The molecule has 4 rings (SSSR count). The van der Waals surface area contributed by atoms with Crippen molar-refractivity contribution in [2.24, 2.45) is 7.05 Å². The summed E-state index contributed by atoms with van der Waals surface area (Å²) < 4.78 is 78.8. The highest BCUT2D eigenvalue weighted by atomic mass is 35.5. The molecule has 7 nitrogen and oxygen atoms in total. The molecule has 1 aliphatic heterocycles. The molecular formula is C23H21ClF6N6O. The van der Waals surface area contributed by atoms with E-state index in [1.165, 1.54) is 4.80 Å². The fraction of sp³-hybridized carbons (Fsp3) is 0.391. The first-order chi connectivity index (χ1) is 17.3. The molecule has 1 aromatic heterocycles. The maximum absolute atomic E-state index is 13.1. The number of amides is 1. The fourth-order valence-corrected chi connectivity index (χ4v) is 4.37. The van der Waals surface area contributed by atoms with E-state index in [-0.39, 0.29) is 24.5 Å². The average Bonchev–Trinajstić information content (AvgIpc) is 3.16. The topological polar surface area (TPSA) is 75.9 Å². The zero-order chi connectivity index (χ0) is 27.0. The second-order valence-corrected chi connectivity index (χ2v) is 9.05. The second-order valence-electron chi connectivity index (χ2n) is 8.61. The van der Waals surface area contributed by atoms with Crippen LogP contribution in [0.1, 0.15) is 47.6 Å². The van der Waals surface area contributed by atoms with Crippen molar-refractivity contribution < 1.29 is 31.1 Å². The molecule has 1 N–H and O–H groups in total. The Labute approximate surface area is 212 Å². The van der Waals surface area contributed by atoms with Crippen LogP contribution in [0.5, 0.6) is 0 Å². The quantitative estimate of drug-likeness (QED) is 0.420. The van der Waals surface area contributed by atoms with Gasteiger partial charge in [-0.2, -0.15) is 31.1 Å². The van der Waals surface area contributed by atoms with Gasteiger partial charge in [0.2, 0.25) is 5.91 Å². The van der Waals surface area contributed by atoms with Crippen molar-refractivity contribution in [3.63, 3.8) is 0 Å². The van der Waals surface area contributed by atoms with Crippen LogP contribution in [0.3, 0.4) is 0 Å². The standard InChI is InChI=1S/C23H21ClF6N6O/c1-35-33-21(32-34-35)36-8-2-3-18(17-6-5-16(24)12-19(17)36)31-20(37)7-4-13-9-14(22(25,26)27)11-15(10-13)23(28,29)30/h5-6,9-12,18H,2-4,7-8H2,1H3,(H,31,37). The molecule has 0 fully saturated rings. The fourth-order valence-electron chi connectivity index (χ4n) is 4.20. The van der Waals surface area contributed by atoms with E-state index < -0.39 is 35.4 Å². The molecule has 0 aliphatic carbocycles. The number of tetrazole rings is 1. The molecule has 198 valence electrons. The maximum Gasteiger partial charge on any atom is 0.416 e. The van der Waals surface area contributed by atoms with Gasteiger partial charge in [0.05, 0.1) is 29.9 Å². The van der Waals surface area contributed by atoms with Gasteiger partial charge < -0.3 is 10.2 Å². The highest BCUT2D eigenvalue weighted by Gasteiger charge is 2.37. The Balaban J connectivity index is 1.52. The summed E-state index contributed by atoms with van der Waals surface area (Å²) in [5.74, 6) is -0.161. The number of anilines is 2. The first-order valence-corrected chi connectivity index (χ1v) is 11.6. The van der Waals surface area contributed by atoms with E-state index in [9.17, 15) is 31.1 Å². The van der Waals surface area contributed by atoms with Crippen molar-refractivity contribution in [1.29, 1.82) is 0 Å². The maximum atomic E-state index is 13.1. The summed E-state index contributed by atoms with van der Waals surface area (Å²) in [6.07, 6.45) is -9.35. The first-order valence-electron chi connectivity index (χ1n) is 11.2. The summed E-state index contributed by atoms with van der Waals surface area (Å²) >= 11 is 6.21. The van der Waals surface area contributed by atoms with Gasteiger partial charge in [-0.05, 0) is 65.9 Å². The van der Waals surface area contributed by atoms with Crippen LogP contribution in [-0.4, -0.2) is 32.7 Å². The van der Waals surface area contributed by atoms with Crippen LogP contribution in [0.25, 0.3) is 0 Å². The monoisotopic (exact) mass is 546 g/mol. The molecule has 2 heterocycles. The minimum absolute atomic E-state index is 0.0644. The molecule has 0 saturated carbocycles. The lowest BCUT2D eigenvalue weighted by Crippen LogP contribution is -2.28. The Bertz CT molecular complexity index is 1260. The van der Waals surface area contributed by atoms with E-state index in [0.717, 1.165) is 5.56 Å². The number of nitrogens with zero attached hydrogens (tertiary/aromatic N) is 5. The molecule has 3 aromatic rings. The minimum atomic E-state index is -4.95. The van der Waals surface area contributed by atoms with E-state index in [4.69, 9.17) is 11.6 Å². The number of fused-ring (bicyclic) bond motifs is 1. The van der Waals surface area contributed by atoms with Crippen molar-refractivity contribution in [3.05, 3.63) is 63.7 Å². The molecule has 2 aromatic carbocycles. The summed E-state index contributed by atoms with van der Waals surface area (Å²) in [5.41, 5.74) is -1.67. The molecule has 14 heteroatoms. The summed E-state index contributed by atoms with van der Waals surface area (Å²) in [7, 11) is 1.62. The molecule has 37 heavy (non-hydrogen) atoms. The Morgan fingerprint density at radius 3 is 2.35 bits per heavy atom. The lowest BCUT2D eigenvalue weighted by atomic mass is 9.99. The normalized spacial score (nSPS) is 16.3. The average molecular weight is 547 g/mol. The molecule has 1 atom stereocenters. The molecule has 0 spiro atoms. The summed E-state index contributed by atoms with van der Waals surface area (Å²) in [6, 6.07) is 5.99. The molecule has 1 aliphatic rings. The molecule has 0 radical (unpaired) electrons. The van der Waals surface area contributed by atoms with E-state index in [2.05, 4.69) is 20.7 Å². The van der Waals surface area contributed by atoms with Gasteiger partial charge in [-0.25, -0.2) is 0 Å². The van der Waals surface area contributed by atoms with Crippen molar-refractivity contribution in [1.82, 2.24) is 25.5 Å². The number of aryl methyl sites for hydroxylation is 2. The van der Waals surface area contributed by atoms with Gasteiger partial charge in [0, 0.05) is 18.0 Å². The Hall–Kier alpha value is -3.35. The van der Waals surface area contributed by atoms with Gasteiger partial charge in [-0.3, -0.25) is 4.79 Å². The van der Waals surface area contributed by atoms with Crippen molar-refractivity contribution in [3.8, 4) is 0 Å². The highest BCUT2D eigenvalue weighted by molar-refractivity contribution is 6.30. The molecule has 1 amide bonds. The number of halogens is 7. The smallest absolute Gasteiger partial charge is 0.349 e. The Morgan fingerprint density at radius 1 is 1.08 bits per heavy atom. The van der Waals surface area contributed by atoms with E-state index in [1.807, 2.05) is 4.90 Å². The Kier molecular flexibility index (Phi) is 7.36. The van der Waals surface area contributed by atoms with Crippen molar-refractivity contribution in [2.45, 2.75) is 44.1 Å². The molecule has 0 saturated heterocycles. The summed E-state index contributed by atoms with van der Waals surface area (Å²) in [6.45, 7) is 0.510. The molecule has 1 unspecified atom stereocenters. The third-order valence-corrected chi connectivity index (χ3v) is 6.13. The first kappa shape index (κ1) is 26.7. The Morgan fingerprint density at radius 2 is 1.76 bits per heavy atom. The van der Waals surface area contributed by atoms with Crippen LogP contribution >= 0.6 is 11.6 Å². The number of alkyl halides is 6. The second kappa shape index (κ2) is 10.2. The molecule has 0 bridgehead atoms. The lowest BCUT2D eigenvalue weighted by Gasteiger charge is -2.23. The minimum Gasteiger partial charge on any atom is -0.349 e. The van der Waals surface area contributed by atoms with Crippen LogP contribution in [0.4, 0.5) is 38.0 Å². The van der Waals surface area contributed by atoms with Crippen LogP contribution < -0.4 is 10.2 Å². The van der Waals surface area contributed by atoms with E-state index in [1.54, 1.807) is 25.2 Å². The predicted molar refractivity (Wildman–Crippen MR) is 122 cm³/mol. The third-order valence-electron chi connectivity index (χ3n) is 5.90.